The van der Waals surface area contributed by atoms with Gasteiger partial charge < -0.3 is 15.2 Å². The van der Waals surface area contributed by atoms with Gasteiger partial charge in [0.25, 0.3) is 5.91 Å². The first-order valence-electron chi connectivity index (χ1n) is 7.91. The maximum absolute atomic E-state index is 14.4. The minimum absolute atomic E-state index is 0.155. The molecule has 5 nitrogen and oxygen atoms in total. The number of hydrogen-bond donors (Lipinski definition) is 2. The van der Waals surface area contributed by atoms with Gasteiger partial charge >= 0.3 is 5.97 Å². The molecule has 0 bridgehead atoms. The third-order valence-electron chi connectivity index (χ3n) is 3.92. The maximum Gasteiger partial charge on any atom is 0.326 e. The number of hydrogen-bond acceptors (Lipinski definition) is 3. The smallest absolute Gasteiger partial charge is 0.326 e. The average molecular weight is 363 g/mol. The van der Waals surface area contributed by atoms with E-state index >= 15 is 0 Å². The highest BCUT2D eigenvalue weighted by Crippen LogP contribution is 2.27. The number of ether oxygens (including phenoxy) is 1. The number of rotatable bonds is 6. The van der Waals surface area contributed by atoms with Gasteiger partial charge in [0.05, 0.1) is 12.7 Å². The maximum atomic E-state index is 14.4. The van der Waals surface area contributed by atoms with Crippen LogP contribution in [0.1, 0.15) is 24.2 Å². The van der Waals surface area contributed by atoms with E-state index in [4.69, 9.17) is 9.84 Å². The molecule has 0 radical (unpaired) electrons. The molecule has 1 atom stereocenters. The van der Waals surface area contributed by atoms with Gasteiger partial charge in [0.15, 0.2) is 0 Å². The van der Waals surface area contributed by atoms with Crippen molar-refractivity contribution >= 4 is 11.9 Å². The number of carboxylic acid groups (broad SMARTS) is 1. The number of benzene rings is 2. The van der Waals surface area contributed by atoms with Crippen molar-refractivity contribution in [1.29, 1.82) is 0 Å². The largest absolute Gasteiger partial charge is 0.497 e. The molecule has 0 fully saturated rings. The monoisotopic (exact) mass is 363 g/mol. The van der Waals surface area contributed by atoms with Gasteiger partial charge in [-0.05, 0) is 35.7 Å². The lowest BCUT2D eigenvalue weighted by atomic mass is 10.0. The highest BCUT2D eigenvalue weighted by atomic mass is 19.1. The third kappa shape index (κ3) is 4.17. The first-order valence-corrected chi connectivity index (χ1v) is 7.91. The van der Waals surface area contributed by atoms with E-state index < -0.39 is 29.6 Å². The molecule has 0 saturated carbocycles. The zero-order valence-electron chi connectivity index (χ0n) is 14.5. The van der Waals surface area contributed by atoms with Crippen molar-refractivity contribution in [2.24, 2.45) is 5.92 Å². The van der Waals surface area contributed by atoms with E-state index in [9.17, 15) is 18.4 Å². The van der Waals surface area contributed by atoms with Gasteiger partial charge in [0, 0.05) is 11.6 Å². The summed E-state index contributed by atoms with van der Waals surface area (Å²) in [7, 11) is 1.41. The lowest BCUT2D eigenvalue weighted by molar-refractivity contribution is -0.140. The van der Waals surface area contributed by atoms with E-state index in [1.54, 1.807) is 13.8 Å². The molecule has 0 saturated heterocycles. The Kier molecular flexibility index (Phi) is 5.92. The number of amides is 1. The molecule has 2 aromatic rings. The van der Waals surface area contributed by atoms with Gasteiger partial charge in [-0.3, -0.25) is 4.79 Å². The molecule has 0 aliphatic heterocycles. The van der Waals surface area contributed by atoms with Crippen LogP contribution in [0.4, 0.5) is 8.78 Å². The fourth-order valence-electron chi connectivity index (χ4n) is 2.46. The highest BCUT2D eigenvalue weighted by Gasteiger charge is 2.25. The summed E-state index contributed by atoms with van der Waals surface area (Å²) < 4.78 is 33.4. The molecule has 0 unspecified atom stereocenters. The van der Waals surface area contributed by atoms with Gasteiger partial charge in [-0.15, -0.1) is 0 Å². The normalized spacial score (nSPS) is 11.9. The first-order chi connectivity index (χ1) is 12.2. The summed E-state index contributed by atoms with van der Waals surface area (Å²) in [5.41, 5.74) is 0.0923. The number of aliphatic carboxylic acids is 1. The van der Waals surface area contributed by atoms with Crippen molar-refractivity contribution in [3.05, 3.63) is 53.6 Å². The molecule has 2 rings (SSSR count). The fourth-order valence-corrected chi connectivity index (χ4v) is 2.46. The van der Waals surface area contributed by atoms with Crippen LogP contribution >= 0.6 is 0 Å². The van der Waals surface area contributed by atoms with E-state index in [0.29, 0.717) is 5.75 Å². The van der Waals surface area contributed by atoms with Crippen molar-refractivity contribution in [1.82, 2.24) is 5.32 Å². The number of carbonyl (C=O) groups excluding carboxylic acids is 1. The number of carbonyl (C=O) groups is 2. The van der Waals surface area contributed by atoms with E-state index in [1.165, 1.54) is 37.4 Å². The van der Waals surface area contributed by atoms with Gasteiger partial charge in [0.1, 0.15) is 23.4 Å². The van der Waals surface area contributed by atoms with Crippen LogP contribution < -0.4 is 10.1 Å². The Labute approximate surface area is 149 Å². The Morgan fingerprint density at radius 2 is 1.77 bits per heavy atom. The Balaban J connectivity index is 2.29. The molecule has 1 amide bonds. The van der Waals surface area contributed by atoms with Crippen LogP contribution in [0.3, 0.4) is 0 Å². The summed E-state index contributed by atoms with van der Waals surface area (Å²) in [6.45, 7) is 3.26. The molecule has 2 aromatic carbocycles. The van der Waals surface area contributed by atoms with Crippen LogP contribution in [0.15, 0.2) is 36.4 Å². The second-order valence-electron chi connectivity index (χ2n) is 6.07. The van der Waals surface area contributed by atoms with Crippen molar-refractivity contribution in [3.63, 3.8) is 0 Å². The quantitative estimate of drug-likeness (QED) is 0.824. The van der Waals surface area contributed by atoms with Crippen molar-refractivity contribution < 1.29 is 28.2 Å². The van der Waals surface area contributed by atoms with Gasteiger partial charge in [-0.2, -0.15) is 0 Å². The van der Waals surface area contributed by atoms with Crippen molar-refractivity contribution in [2.75, 3.05) is 7.11 Å². The fraction of sp³-hybridized carbons (Fsp3) is 0.263. The van der Waals surface area contributed by atoms with Crippen molar-refractivity contribution in [2.45, 2.75) is 19.9 Å². The Morgan fingerprint density at radius 3 is 2.27 bits per heavy atom. The van der Waals surface area contributed by atoms with E-state index in [1.807, 2.05) is 0 Å². The summed E-state index contributed by atoms with van der Waals surface area (Å²) in [6.07, 6.45) is 0. The van der Waals surface area contributed by atoms with Crippen LogP contribution in [0.2, 0.25) is 0 Å². The number of halogens is 2. The van der Waals surface area contributed by atoms with Crippen LogP contribution in [-0.2, 0) is 4.79 Å². The Hall–Kier alpha value is -2.96. The zero-order chi connectivity index (χ0) is 19.4. The number of methoxy groups -OCH3 is 1. The molecule has 0 aliphatic carbocycles. The van der Waals surface area contributed by atoms with Crippen molar-refractivity contribution in [3.8, 4) is 16.9 Å². The SMILES string of the molecule is COc1ccc(-c2ccc(C(=O)N[C@@H](C(=O)O)C(C)C)c(F)c2)c(F)c1. The second-order valence-corrected chi connectivity index (χ2v) is 6.07. The molecule has 2 N–H and O–H groups in total. The summed E-state index contributed by atoms with van der Waals surface area (Å²) in [5.74, 6) is -3.55. The molecule has 138 valence electrons. The molecular formula is C19H19F2NO4. The van der Waals surface area contributed by atoms with Crippen LogP contribution in [-0.4, -0.2) is 30.1 Å². The predicted molar refractivity (Wildman–Crippen MR) is 92.1 cm³/mol. The van der Waals surface area contributed by atoms with E-state index in [2.05, 4.69) is 5.32 Å². The van der Waals surface area contributed by atoms with Crippen LogP contribution in [0.5, 0.6) is 5.75 Å². The topological polar surface area (TPSA) is 75.6 Å². The van der Waals surface area contributed by atoms with Gasteiger partial charge in [-0.25, -0.2) is 13.6 Å². The molecule has 0 aliphatic rings. The van der Waals surface area contributed by atoms with Gasteiger partial charge in [0.2, 0.25) is 0 Å². The van der Waals surface area contributed by atoms with Crippen LogP contribution in [0.25, 0.3) is 11.1 Å². The Morgan fingerprint density at radius 1 is 1.08 bits per heavy atom. The third-order valence-corrected chi connectivity index (χ3v) is 3.92. The molecule has 0 spiro atoms. The van der Waals surface area contributed by atoms with E-state index in [0.717, 1.165) is 6.07 Å². The number of carboxylic acids is 1. The minimum atomic E-state index is -1.20. The standard InChI is InChI=1S/C19H19F2NO4/c1-10(2)17(19(24)25)22-18(23)14-6-4-11(8-15(14)20)13-7-5-12(26-3)9-16(13)21/h4-10,17H,1-3H3,(H,22,23)(H,24,25)/t17-/m1/s1. The summed E-state index contributed by atoms with van der Waals surface area (Å²) in [4.78, 5) is 23.3. The zero-order valence-corrected chi connectivity index (χ0v) is 14.5. The minimum Gasteiger partial charge on any atom is -0.497 e. The lowest BCUT2D eigenvalue weighted by Gasteiger charge is -2.18. The predicted octanol–water partition coefficient (Wildman–Crippen LogP) is 3.48. The van der Waals surface area contributed by atoms with Gasteiger partial charge in [-0.1, -0.05) is 19.9 Å². The summed E-state index contributed by atoms with van der Waals surface area (Å²) >= 11 is 0. The second kappa shape index (κ2) is 7.95. The van der Waals surface area contributed by atoms with E-state index in [-0.39, 0.29) is 22.6 Å². The molecular weight excluding hydrogens is 344 g/mol. The summed E-state index contributed by atoms with van der Waals surface area (Å²) in [6, 6.07) is 6.65. The molecule has 26 heavy (non-hydrogen) atoms. The Bertz CT molecular complexity index is 836. The van der Waals surface area contributed by atoms with Crippen LogP contribution in [0, 0.1) is 17.6 Å². The summed E-state index contributed by atoms with van der Waals surface area (Å²) in [5, 5.41) is 11.4. The molecule has 7 heteroatoms. The number of nitrogens with one attached hydrogen (secondary N) is 1. The molecule has 0 aromatic heterocycles. The molecule has 0 heterocycles. The average Bonchev–Trinajstić information content (AvgIpc) is 2.58. The lowest BCUT2D eigenvalue weighted by Crippen LogP contribution is -2.44. The first kappa shape index (κ1) is 19.4. The highest BCUT2D eigenvalue weighted by molar-refractivity contribution is 5.97.